The fraction of sp³-hybridized carbons (Fsp3) is 0.174. The van der Waals surface area contributed by atoms with Crippen molar-refractivity contribution in [1.82, 2.24) is 4.98 Å². The SMILES string of the molecule is C=CCN1C(=O)COc2ccc(-c3csc(NC(=O)COc4ccccc4OC)n3)cc21. The summed E-state index contributed by atoms with van der Waals surface area (Å²) < 4.78 is 16.3. The first kappa shape index (κ1) is 21.4. The summed E-state index contributed by atoms with van der Waals surface area (Å²) >= 11 is 1.30. The molecule has 0 radical (unpaired) electrons. The molecule has 1 aliphatic heterocycles. The highest BCUT2D eigenvalue weighted by Gasteiger charge is 2.25. The minimum atomic E-state index is -0.335. The molecule has 1 aliphatic rings. The van der Waals surface area contributed by atoms with E-state index in [2.05, 4.69) is 16.9 Å². The third-order valence-electron chi connectivity index (χ3n) is 4.69. The number of para-hydroxylation sites is 2. The van der Waals surface area contributed by atoms with E-state index in [0.29, 0.717) is 40.3 Å². The second-order valence-electron chi connectivity index (χ2n) is 6.79. The number of carbonyl (C=O) groups excluding carboxylic acids is 2. The maximum absolute atomic E-state index is 12.3. The van der Waals surface area contributed by atoms with E-state index in [1.54, 1.807) is 36.3 Å². The van der Waals surface area contributed by atoms with Gasteiger partial charge in [-0.3, -0.25) is 14.9 Å². The van der Waals surface area contributed by atoms with Crippen molar-refractivity contribution in [2.45, 2.75) is 0 Å². The summed E-state index contributed by atoms with van der Waals surface area (Å²) in [6.07, 6.45) is 1.67. The molecule has 0 spiro atoms. The van der Waals surface area contributed by atoms with Crippen LogP contribution in [0.5, 0.6) is 17.2 Å². The molecule has 1 aromatic heterocycles. The van der Waals surface area contributed by atoms with Crippen LogP contribution in [0.4, 0.5) is 10.8 Å². The highest BCUT2D eigenvalue weighted by molar-refractivity contribution is 7.14. The van der Waals surface area contributed by atoms with Gasteiger partial charge in [0.15, 0.2) is 29.8 Å². The van der Waals surface area contributed by atoms with Crippen molar-refractivity contribution >= 4 is 34.0 Å². The molecule has 1 N–H and O–H groups in total. The predicted molar refractivity (Wildman–Crippen MR) is 123 cm³/mol. The summed E-state index contributed by atoms with van der Waals surface area (Å²) in [6, 6.07) is 12.6. The number of aromatic nitrogens is 1. The van der Waals surface area contributed by atoms with Crippen molar-refractivity contribution < 1.29 is 23.8 Å². The summed E-state index contributed by atoms with van der Waals surface area (Å²) in [4.78, 5) is 30.6. The Bertz CT molecular complexity index is 1160. The molecule has 9 heteroatoms. The average molecular weight is 452 g/mol. The molecule has 0 saturated carbocycles. The van der Waals surface area contributed by atoms with Gasteiger partial charge in [-0.1, -0.05) is 18.2 Å². The maximum atomic E-state index is 12.3. The Kier molecular flexibility index (Phi) is 6.37. The highest BCUT2D eigenvalue weighted by atomic mass is 32.1. The van der Waals surface area contributed by atoms with Crippen LogP contribution in [0.3, 0.4) is 0 Å². The van der Waals surface area contributed by atoms with Crippen LogP contribution in [0, 0.1) is 0 Å². The number of nitrogens with one attached hydrogen (secondary N) is 1. The number of anilines is 2. The van der Waals surface area contributed by atoms with E-state index in [0.717, 1.165) is 5.56 Å². The van der Waals surface area contributed by atoms with Crippen LogP contribution < -0.4 is 24.4 Å². The molecule has 0 fully saturated rings. The first-order chi connectivity index (χ1) is 15.6. The minimum absolute atomic E-state index is 0.00396. The summed E-state index contributed by atoms with van der Waals surface area (Å²) in [5, 5.41) is 5.02. The van der Waals surface area contributed by atoms with E-state index < -0.39 is 0 Å². The van der Waals surface area contributed by atoms with Gasteiger partial charge in [-0.15, -0.1) is 17.9 Å². The molecule has 0 bridgehead atoms. The van der Waals surface area contributed by atoms with Gasteiger partial charge in [-0.05, 0) is 30.3 Å². The lowest BCUT2D eigenvalue weighted by Gasteiger charge is -2.28. The Balaban J connectivity index is 1.44. The van der Waals surface area contributed by atoms with Crippen LogP contribution in [0.2, 0.25) is 0 Å². The number of ether oxygens (including phenoxy) is 3. The van der Waals surface area contributed by atoms with E-state index in [1.807, 2.05) is 29.6 Å². The molecule has 164 valence electrons. The molecular formula is C23H21N3O5S. The van der Waals surface area contributed by atoms with Crippen molar-refractivity contribution in [3.63, 3.8) is 0 Å². The first-order valence-corrected chi connectivity index (χ1v) is 10.7. The number of benzene rings is 2. The maximum Gasteiger partial charge on any atom is 0.265 e. The zero-order chi connectivity index (χ0) is 22.5. The molecule has 2 aromatic carbocycles. The standard InChI is InChI=1S/C23H21N3O5S/c1-3-10-26-17-11-15(8-9-18(17)31-13-22(26)28)16-14-32-23(24-16)25-21(27)12-30-20-7-5-4-6-19(20)29-2/h3-9,11,14H,1,10,12-13H2,2H3,(H,24,25,27). The second kappa shape index (κ2) is 9.52. The van der Waals surface area contributed by atoms with Crippen LogP contribution in [0.25, 0.3) is 11.3 Å². The normalized spacial score (nSPS) is 12.5. The predicted octanol–water partition coefficient (Wildman–Crippen LogP) is 3.75. The molecule has 2 heterocycles. The molecule has 32 heavy (non-hydrogen) atoms. The van der Waals surface area contributed by atoms with Crippen LogP contribution >= 0.6 is 11.3 Å². The number of methoxy groups -OCH3 is 1. The Morgan fingerprint density at radius 2 is 2.12 bits per heavy atom. The van der Waals surface area contributed by atoms with E-state index in [4.69, 9.17) is 14.2 Å². The molecule has 0 atom stereocenters. The van der Waals surface area contributed by atoms with Crippen molar-refractivity contribution in [1.29, 1.82) is 0 Å². The summed E-state index contributed by atoms with van der Waals surface area (Å²) in [6.45, 7) is 3.93. The van der Waals surface area contributed by atoms with Crippen LogP contribution in [0.1, 0.15) is 0 Å². The van der Waals surface area contributed by atoms with Crippen LogP contribution in [-0.2, 0) is 9.59 Å². The highest BCUT2D eigenvalue weighted by Crippen LogP contribution is 2.36. The van der Waals surface area contributed by atoms with Gasteiger partial charge in [0.1, 0.15) is 5.75 Å². The average Bonchev–Trinajstić information content (AvgIpc) is 3.28. The molecule has 0 saturated heterocycles. The number of carbonyl (C=O) groups is 2. The number of nitrogens with zero attached hydrogens (tertiary/aromatic N) is 2. The van der Waals surface area contributed by atoms with Crippen molar-refractivity contribution in [3.05, 3.63) is 60.5 Å². The fourth-order valence-electron chi connectivity index (χ4n) is 3.19. The Morgan fingerprint density at radius 1 is 1.31 bits per heavy atom. The first-order valence-electron chi connectivity index (χ1n) is 9.78. The third-order valence-corrected chi connectivity index (χ3v) is 5.45. The lowest BCUT2D eigenvalue weighted by atomic mass is 10.1. The van der Waals surface area contributed by atoms with E-state index >= 15 is 0 Å². The fourth-order valence-corrected chi connectivity index (χ4v) is 3.93. The molecule has 8 nitrogen and oxygen atoms in total. The molecule has 0 unspecified atom stereocenters. The molecular weight excluding hydrogens is 430 g/mol. The zero-order valence-corrected chi connectivity index (χ0v) is 18.2. The van der Waals surface area contributed by atoms with Gasteiger partial charge in [0.05, 0.1) is 18.5 Å². The molecule has 3 aromatic rings. The van der Waals surface area contributed by atoms with Gasteiger partial charge in [-0.25, -0.2) is 4.98 Å². The second-order valence-corrected chi connectivity index (χ2v) is 7.65. The van der Waals surface area contributed by atoms with Crippen LogP contribution in [0.15, 0.2) is 60.5 Å². The third kappa shape index (κ3) is 4.57. The minimum Gasteiger partial charge on any atom is -0.493 e. The van der Waals surface area contributed by atoms with Gasteiger partial charge >= 0.3 is 0 Å². The van der Waals surface area contributed by atoms with E-state index in [-0.39, 0.29) is 25.0 Å². The molecule has 0 aliphatic carbocycles. The number of rotatable bonds is 8. The number of fused-ring (bicyclic) bond motifs is 1. The van der Waals surface area contributed by atoms with E-state index in [9.17, 15) is 9.59 Å². The van der Waals surface area contributed by atoms with Crippen LogP contribution in [-0.4, -0.2) is 43.7 Å². The van der Waals surface area contributed by atoms with Gasteiger partial charge in [0, 0.05) is 17.5 Å². The lowest BCUT2D eigenvalue weighted by Crippen LogP contribution is -2.38. The zero-order valence-electron chi connectivity index (χ0n) is 17.4. The number of hydrogen-bond acceptors (Lipinski definition) is 7. The lowest BCUT2D eigenvalue weighted by molar-refractivity contribution is -0.121. The molecule has 4 rings (SSSR count). The largest absolute Gasteiger partial charge is 0.493 e. The summed E-state index contributed by atoms with van der Waals surface area (Å²) in [7, 11) is 1.54. The van der Waals surface area contributed by atoms with Gasteiger partial charge < -0.3 is 19.1 Å². The van der Waals surface area contributed by atoms with E-state index in [1.165, 1.54) is 11.3 Å². The summed E-state index contributed by atoms with van der Waals surface area (Å²) in [5.74, 6) is 1.21. The van der Waals surface area contributed by atoms with Gasteiger partial charge in [-0.2, -0.15) is 0 Å². The number of hydrogen-bond donors (Lipinski definition) is 1. The van der Waals surface area contributed by atoms with Gasteiger partial charge in [0.25, 0.3) is 11.8 Å². The Labute approximate surface area is 189 Å². The number of thiazole rings is 1. The van der Waals surface area contributed by atoms with Crippen molar-refractivity contribution in [2.24, 2.45) is 0 Å². The quantitative estimate of drug-likeness (QED) is 0.525. The topological polar surface area (TPSA) is 90.0 Å². The van der Waals surface area contributed by atoms with Gasteiger partial charge in [0.2, 0.25) is 0 Å². The monoisotopic (exact) mass is 451 g/mol. The Morgan fingerprint density at radius 3 is 2.91 bits per heavy atom. The van der Waals surface area contributed by atoms with Crippen molar-refractivity contribution in [2.75, 3.05) is 37.1 Å². The Hall–Kier alpha value is -3.85. The van der Waals surface area contributed by atoms with Crippen molar-refractivity contribution in [3.8, 4) is 28.5 Å². The molecule has 2 amide bonds. The smallest absolute Gasteiger partial charge is 0.265 e. The number of amides is 2. The summed E-state index contributed by atoms with van der Waals surface area (Å²) in [5.41, 5.74) is 2.15.